The Bertz CT molecular complexity index is 1930. The lowest BCUT2D eigenvalue weighted by atomic mass is 10.0. The molecule has 8 nitrogen and oxygen atoms in total. The van der Waals surface area contributed by atoms with E-state index in [2.05, 4.69) is 10.0 Å². The van der Waals surface area contributed by atoms with Crippen molar-refractivity contribution in [2.45, 2.75) is 30.3 Å². The minimum Gasteiger partial charge on any atom is -0.484 e. The highest BCUT2D eigenvalue weighted by molar-refractivity contribution is 7.92. The molecule has 0 radical (unpaired) electrons. The number of sulfonamides is 1. The lowest BCUT2D eigenvalue weighted by Crippen LogP contribution is -2.52. The molecule has 0 spiro atoms. The number of carbonyl (C=O) groups is 2. The zero-order chi connectivity index (χ0) is 34.6. The summed E-state index contributed by atoms with van der Waals surface area (Å²) < 4.78 is 47.1. The van der Waals surface area contributed by atoms with Crippen LogP contribution in [0, 0.1) is 5.82 Å². The summed E-state index contributed by atoms with van der Waals surface area (Å²) >= 11 is 6.12. The average Bonchev–Trinajstić information content (AvgIpc) is 3.11. The zero-order valence-corrected chi connectivity index (χ0v) is 28.0. The summed E-state index contributed by atoms with van der Waals surface area (Å²) in [4.78, 5) is 29.2. The van der Waals surface area contributed by atoms with Gasteiger partial charge in [-0.2, -0.15) is 0 Å². The molecule has 1 unspecified atom stereocenters. The van der Waals surface area contributed by atoms with Crippen LogP contribution in [0.4, 0.5) is 10.1 Å². The van der Waals surface area contributed by atoms with E-state index in [1.54, 1.807) is 24.3 Å². The molecule has 11 heteroatoms. The fraction of sp³-hybridized carbons (Fsp3) is 0.158. The molecule has 0 aliphatic heterocycles. The lowest BCUT2D eigenvalue weighted by molar-refractivity contribution is -0.142. The number of nitrogens with zero attached hydrogens (tertiary/aromatic N) is 1. The van der Waals surface area contributed by atoms with Gasteiger partial charge in [0.15, 0.2) is 6.61 Å². The highest BCUT2D eigenvalue weighted by Crippen LogP contribution is 2.21. The number of hydrogen-bond donors (Lipinski definition) is 2. The first-order chi connectivity index (χ1) is 23.7. The van der Waals surface area contributed by atoms with Crippen LogP contribution in [-0.4, -0.2) is 44.3 Å². The number of amides is 2. The second kappa shape index (κ2) is 16.8. The number of ether oxygens (including phenoxy) is 1. The molecule has 0 bridgehead atoms. The molecule has 0 heterocycles. The Hall–Kier alpha value is -5.19. The van der Waals surface area contributed by atoms with Gasteiger partial charge in [0.05, 0.1) is 4.90 Å². The maximum absolute atomic E-state index is 13.9. The van der Waals surface area contributed by atoms with Gasteiger partial charge in [-0.3, -0.25) is 14.3 Å². The van der Waals surface area contributed by atoms with Gasteiger partial charge in [-0.15, -0.1) is 0 Å². The Kier molecular flexibility index (Phi) is 12.0. The van der Waals surface area contributed by atoms with Crippen molar-refractivity contribution in [2.24, 2.45) is 0 Å². The van der Waals surface area contributed by atoms with Gasteiger partial charge in [0, 0.05) is 30.2 Å². The van der Waals surface area contributed by atoms with E-state index in [4.69, 9.17) is 16.3 Å². The van der Waals surface area contributed by atoms with Gasteiger partial charge in [-0.1, -0.05) is 84.4 Å². The van der Waals surface area contributed by atoms with Gasteiger partial charge in [0.25, 0.3) is 15.9 Å². The summed E-state index contributed by atoms with van der Waals surface area (Å²) in [5.41, 5.74) is 2.94. The molecule has 0 aromatic heterocycles. The van der Waals surface area contributed by atoms with E-state index in [-0.39, 0.29) is 35.2 Å². The largest absolute Gasteiger partial charge is 0.484 e. The molecule has 5 aromatic rings. The van der Waals surface area contributed by atoms with E-state index in [0.717, 1.165) is 28.8 Å². The first-order valence-corrected chi connectivity index (χ1v) is 17.4. The third-order valence-corrected chi connectivity index (χ3v) is 9.33. The predicted molar refractivity (Wildman–Crippen MR) is 188 cm³/mol. The Morgan fingerprint density at radius 1 is 0.755 bits per heavy atom. The second-order valence-corrected chi connectivity index (χ2v) is 13.4. The van der Waals surface area contributed by atoms with Crippen LogP contribution in [0.25, 0.3) is 0 Å². The van der Waals surface area contributed by atoms with Crippen LogP contribution in [0.2, 0.25) is 5.02 Å². The third-order valence-electron chi connectivity index (χ3n) is 7.69. The molecule has 252 valence electrons. The summed E-state index contributed by atoms with van der Waals surface area (Å²) in [5, 5.41) is 3.56. The highest BCUT2D eigenvalue weighted by Gasteiger charge is 2.30. The summed E-state index contributed by atoms with van der Waals surface area (Å²) in [7, 11) is -3.96. The summed E-state index contributed by atoms with van der Waals surface area (Å²) in [6.07, 6.45) is 0.898. The van der Waals surface area contributed by atoms with E-state index in [1.165, 1.54) is 41.3 Å². The van der Waals surface area contributed by atoms with Crippen molar-refractivity contribution in [3.63, 3.8) is 0 Å². The maximum Gasteiger partial charge on any atom is 0.261 e. The van der Waals surface area contributed by atoms with E-state index in [1.807, 2.05) is 60.7 Å². The molecule has 2 N–H and O–H groups in total. The van der Waals surface area contributed by atoms with Crippen LogP contribution in [0.3, 0.4) is 0 Å². The minimum atomic E-state index is -3.96. The number of hydrogen-bond acceptors (Lipinski definition) is 5. The quantitative estimate of drug-likeness (QED) is 0.127. The second-order valence-electron chi connectivity index (χ2n) is 11.3. The van der Waals surface area contributed by atoms with Gasteiger partial charge >= 0.3 is 0 Å². The molecule has 0 saturated heterocycles. The van der Waals surface area contributed by atoms with Crippen molar-refractivity contribution in [3.8, 4) is 5.75 Å². The van der Waals surface area contributed by atoms with E-state index < -0.39 is 34.4 Å². The molecule has 0 saturated carbocycles. The number of nitrogens with one attached hydrogen (secondary N) is 2. The molecule has 49 heavy (non-hydrogen) atoms. The smallest absolute Gasteiger partial charge is 0.261 e. The van der Waals surface area contributed by atoms with Crippen molar-refractivity contribution in [3.05, 3.63) is 161 Å². The topological polar surface area (TPSA) is 105 Å². The Morgan fingerprint density at radius 2 is 1.37 bits per heavy atom. The first-order valence-electron chi connectivity index (χ1n) is 15.6. The number of carbonyl (C=O) groups excluding carboxylic acids is 2. The van der Waals surface area contributed by atoms with Crippen molar-refractivity contribution in [1.29, 1.82) is 0 Å². The van der Waals surface area contributed by atoms with Crippen molar-refractivity contribution >= 4 is 39.1 Å². The summed E-state index contributed by atoms with van der Waals surface area (Å²) in [5.74, 6) is -0.970. The van der Waals surface area contributed by atoms with Crippen LogP contribution in [-0.2, 0) is 39.0 Å². The van der Waals surface area contributed by atoms with Crippen LogP contribution in [0.1, 0.15) is 16.7 Å². The molecule has 0 aliphatic carbocycles. The molecular weight excluding hydrogens is 665 g/mol. The third kappa shape index (κ3) is 10.4. The predicted octanol–water partition coefficient (Wildman–Crippen LogP) is 6.66. The average molecular weight is 700 g/mol. The Balaban J connectivity index is 1.33. The standard InChI is InChI=1S/C38H35ClFN3O5S/c39-31-13-11-30(12-14-31)26-43(36(25-29-9-5-2-6-10-29)38(45)41-24-23-28-7-3-1-4-8-28)37(44)27-48-34-19-21-35(22-20-34)49(46,47)42-33-17-15-32(40)16-18-33/h1-22,36,42H,23-27H2,(H,41,45). The van der Waals surface area contributed by atoms with Crippen molar-refractivity contribution in [2.75, 3.05) is 17.9 Å². The van der Waals surface area contributed by atoms with Gasteiger partial charge < -0.3 is 15.0 Å². The monoisotopic (exact) mass is 699 g/mol. The van der Waals surface area contributed by atoms with Gasteiger partial charge in [-0.05, 0) is 83.8 Å². The molecule has 5 rings (SSSR count). The normalized spacial score (nSPS) is 11.7. The Labute approximate surface area is 290 Å². The van der Waals surface area contributed by atoms with Crippen LogP contribution in [0.5, 0.6) is 5.75 Å². The van der Waals surface area contributed by atoms with E-state index in [9.17, 15) is 22.4 Å². The Morgan fingerprint density at radius 3 is 2.00 bits per heavy atom. The summed E-state index contributed by atoms with van der Waals surface area (Å²) in [6, 6.07) is 36.0. The molecular formula is C38H35ClFN3O5S. The lowest BCUT2D eigenvalue weighted by Gasteiger charge is -2.31. The van der Waals surface area contributed by atoms with Gasteiger partial charge in [0.1, 0.15) is 17.6 Å². The van der Waals surface area contributed by atoms with Crippen LogP contribution >= 0.6 is 11.6 Å². The minimum absolute atomic E-state index is 0.0463. The van der Waals surface area contributed by atoms with Crippen molar-refractivity contribution in [1.82, 2.24) is 10.2 Å². The molecule has 5 aromatic carbocycles. The molecule has 0 fully saturated rings. The zero-order valence-electron chi connectivity index (χ0n) is 26.5. The SMILES string of the molecule is O=C(NCCc1ccccc1)C(Cc1ccccc1)N(Cc1ccc(Cl)cc1)C(=O)COc1ccc(S(=O)(=O)Nc2ccc(F)cc2)cc1. The first kappa shape index (κ1) is 35.1. The van der Waals surface area contributed by atoms with Crippen LogP contribution < -0.4 is 14.8 Å². The maximum atomic E-state index is 13.9. The fourth-order valence-corrected chi connectivity index (χ4v) is 6.29. The summed E-state index contributed by atoms with van der Waals surface area (Å²) in [6.45, 7) is 0.101. The number of halogens is 2. The molecule has 1 atom stereocenters. The highest BCUT2D eigenvalue weighted by atomic mass is 35.5. The number of benzene rings is 5. The number of rotatable bonds is 15. The van der Waals surface area contributed by atoms with Gasteiger partial charge in [0.2, 0.25) is 5.91 Å². The number of anilines is 1. The fourth-order valence-electron chi connectivity index (χ4n) is 5.11. The van der Waals surface area contributed by atoms with E-state index >= 15 is 0 Å². The van der Waals surface area contributed by atoms with Crippen LogP contribution in [0.15, 0.2) is 138 Å². The van der Waals surface area contributed by atoms with Crippen molar-refractivity contribution < 1.29 is 27.1 Å². The molecule has 0 aliphatic rings. The molecule has 2 amide bonds. The van der Waals surface area contributed by atoms with Gasteiger partial charge in [-0.25, -0.2) is 12.8 Å². The van der Waals surface area contributed by atoms with E-state index in [0.29, 0.717) is 18.0 Å².